The molecule has 0 amide bonds. The number of rotatable bonds is 6. The van der Waals surface area contributed by atoms with Gasteiger partial charge >= 0.3 is 0 Å². The molecule has 2 fully saturated rings. The van der Waals surface area contributed by atoms with Gasteiger partial charge in [-0.05, 0) is 79.5 Å². The Hall–Kier alpha value is -3.20. The van der Waals surface area contributed by atoms with E-state index in [-0.39, 0.29) is 47.9 Å². The van der Waals surface area contributed by atoms with Crippen LogP contribution >= 0.6 is 0 Å². The van der Waals surface area contributed by atoms with Crippen LogP contribution in [0.2, 0.25) is 0 Å². The van der Waals surface area contributed by atoms with Crippen molar-refractivity contribution in [2.45, 2.75) is 95.7 Å². The minimum Gasteiger partial charge on any atom is -0.506 e. The fraction of sp³-hybridized carbons (Fsp3) is 0.529. The van der Waals surface area contributed by atoms with Crippen LogP contribution in [0.3, 0.4) is 0 Å². The van der Waals surface area contributed by atoms with Gasteiger partial charge in [0.15, 0.2) is 17.0 Å². The van der Waals surface area contributed by atoms with Gasteiger partial charge in [-0.3, -0.25) is 9.59 Å². The molecular formula is C34H40O8. The molecule has 1 saturated carbocycles. The van der Waals surface area contributed by atoms with E-state index in [2.05, 4.69) is 0 Å². The number of fused-ring (bicyclic) bond motifs is 2. The quantitative estimate of drug-likeness (QED) is 0.445. The lowest BCUT2D eigenvalue weighted by molar-refractivity contribution is -0.190. The number of ketones is 2. The van der Waals surface area contributed by atoms with Crippen molar-refractivity contribution in [3.05, 3.63) is 57.7 Å². The van der Waals surface area contributed by atoms with Gasteiger partial charge in [0.2, 0.25) is 5.78 Å². The summed E-state index contributed by atoms with van der Waals surface area (Å²) in [6, 6.07) is 0. The number of ether oxygens (including phenoxy) is 4. The third kappa shape index (κ3) is 3.52. The summed E-state index contributed by atoms with van der Waals surface area (Å²) in [7, 11) is 1.47. The van der Waals surface area contributed by atoms with E-state index in [1.54, 1.807) is 25.2 Å². The summed E-state index contributed by atoms with van der Waals surface area (Å²) in [5, 5.41) is 21.4. The lowest BCUT2D eigenvalue weighted by Crippen LogP contribution is -2.77. The van der Waals surface area contributed by atoms with Gasteiger partial charge < -0.3 is 29.2 Å². The molecule has 1 spiro atoms. The van der Waals surface area contributed by atoms with E-state index in [1.807, 2.05) is 53.7 Å². The van der Waals surface area contributed by atoms with Crippen LogP contribution in [0.15, 0.2) is 41.0 Å². The number of aliphatic hydroxyl groups is 1. The summed E-state index contributed by atoms with van der Waals surface area (Å²) in [6.45, 7) is 13.2. The van der Waals surface area contributed by atoms with Gasteiger partial charge in [-0.1, -0.05) is 23.3 Å². The molecule has 3 heterocycles. The van der Waals surface area contributed by atoms with Gasteiger partial charge in [-0.25, -0.2) is 0 Å². The number of aliphatic hydroxyl groups excluding tert-OH is 1. The Bertz CT molecular complexity index is 1550. The zero-order valence-electron chi connectivity index (χ0n) is 25.6. The van der Waals surface area contributed by atoms with Crippen molar-refractivity contribution < 1.29 is 38.7 Å². The van der Waals surface area contributed by atoms with Crippen molar-refractivity contribution in [1.82, 2.24) is 0 Å². The van der Waals surface area contributed by atoms with Crippen molar-refractivity contribution in [3.63, 3.8) is 0 Å². The molecule has 0 unspecified atom stereocenters. The van der Waals surface area contributed by atoms with Crippen LogP contribution in [-0.2, 0) is 20.7 Å². The zero-order valence-corrected chi connectivity index (χ0v) is 25.6. The van der Waals surface area contributed by atoms with Crippen LogP contribution in [-0.4, -0.2) is 63.5 Å². The molecule has 0 radical (unpaired) electrons. The van der Waals surface area contributed by atoms with Crippen molar-refractivity contribution in [2.75, 3.05) is 13.7 Å². The lowest BCUT2D eigenvalue weighted by atomic mass is 9.49. The molecule has 0 aromatic heterocycles. The number of benzene rings is 1. The minimum atomic E-state index is -1.61. The predicted molar refractivity (Wildman–Crippen MR) is 157 cm³/mol. The number of aromatic hydroxyl groups is 1. The monoisotopic (exact) mass is 576 g/mol. The highest BCUT2D eigenvalue weighted by Crippen LogP contribution is 2.70. The van der Waals surface area contributed by atoms with Gasteiger partial charge in [-0.15, -0.1) is 0 Å². The molecule has 42 heavy (non-hydrogen) atoms. The second-order valence-corrected chi connectivity index (χ2v) is 13.6. The van der Waals surface area contributed by atoms with Crippen LogP contribution in [0.25, 0.3) is 6.08 Å². The predicted octanol–water partition coefficient (Wildman–Crippen LogP) is 5.19. The molecule has 8 heteroatoms. The zero-order chi connectivity index (χ0) is 30.6. The highest BCUT2D eigenvalue weighted by Gasteiger charge is 2.84. The maximum absolute atomic E-state index is 14.7. The Morgan fingerprint density at radius 1 is 1.10 bits per heavy atom. The molecule has 7 rings (SSSR count). The first-order valence-corrected chi connectivity index (χ1v) is 14.6. The van der Waals surface area contributed by atoms with E-state index in [4.69, 9.17) is 18.9 Å². The van der Waals surface area contributed by atoms with Gasteiger partial charge in [-0.2, -0.15) is 0 Å². The highest BCUT2D eigenvalue weighted by atomic mass is 16.6. The van der Waals surface area contributed by atoms with Crippen LogP contribution in [0, 0.1) is 5.92 Å². The van der Waals surface area contributed by atoms with Crippen molar-refractivity contribution in [1.29, 1.82) is 0 Å². The normalized spacial score (nSPS) is 32.8. The summed E-state index contributed by atoms with van der Waals surface area (Å²) >= 11 is 0. The number of phenols is 1. The summed E-state index contributed by atoms with van der Waals surface area (Å²) < 4.78 is 26.3. The molecule has 3 aliphatic carbocycles. The number of phenolic OH excluding ortho intramolecular Hbond substituents is 1. The van der Waals surface area contributed by atoms with Gasteiger partial charge in [0, 0.05) is 30.6 Å². The van der Waals surface area contributed by atoms with E-state index < -0.39 is 39.7 Å². The summed E-state index contributed by atoms with van der Waals surface area (Å²) in [6.07, 6.45) is 9.80. The molecule has 8 nitrogen and oxygen atoms in total. The second-order valence-electron chi connectivity index (χ2n) is 13.6. The third-order valence-electron chi connectivity index (χ3n) is 9.73. The van der Waals surface area contributed by atoms with Crippen LogP contribution in [0.4, 0.5) is 0 Å². The number of allylic oxidation sites excluding steroid dienone is 2. The first-order chi connectivity index (χ1) is 19.6. The van der Waals surface area contributed by atoms with Crippen LogP contribution < -0.4 is 9.47 Å². The summed E-state index contributed by atoms with van der Waals surface area (Å²) in [5.41, 5.74) is -2.91. The highest BCUT2D eigenvalue weighted by molar-refractivity contribution is 6.20. The molecule has 4 bridgehead atoms. The number of methoxy groups -OCH3 is 1. The Labute approximate surface area is 246 Å². The number of carbonyl (C=O) groups excluding carboxylic acids is 2. The molecule has 4 atom stereocenters. The fourth-order valence-electron chi connectivity index (χ4n) is 7.65. The number of carbonyl (C=O) groups is 2. The standard InChI is InChI=1S/C34H40O8/c1-18(2)9-10-21-27-20(12-13-30(4,5)40-27)25(36)24-26(37)22-15-32(39-8)16-23-31(6,7)42-33(29(32)38,14-11-19(3)17-35)34(22,23)41-28(21)24/h9,11-13,15,23,35-36H,10,14,16-17H2,1-8H3/t23-,32+,33-,34+/m0/s1. The molecule has 224 valence electrons. The summed E-state index contributed by atoms with van der Waals surface area (Å²) in [4.78, 5) is 29.3. The Kier molecular flexibility index (Phi) is 6.13. The summed E-state index contributed by atoms with van der Waals surface area (Å²) in [5.74, 6) is -0.709. The average molecular weight is 577 g/mol. The van der Waals surface area contributed by atoms with Gasteiger partial charge in [0.1, 0.15) is 34.0 Å². The maximum Gasteiger partial charge on any atom is 0.205 e. The lowest BCUT2D eigenvalue weighted by Gasteiger charge is -2.59. The molecule has 1 saturated heterocycles. The SMILES string of the molecule is CO[C@]12C=C3C(=O)c4c(O)c5c(c(CC=C(C)C)c4O[C@@]34[C@@H](C1)C(C)(C)O[C@@]4(CC=C(C)CO)C2=O)OC(C)(C)C=C5. The second kappa shape index (κ2) is 8.91. The molecular weight excluding hydrogens is 536 g/mol. The van der Waals surface area contributed by atoms with Crippen LogP contribution in [0.5, 0.6) is 17.2 Å². The third-order valence-corrected chi connectivity index (χ3v) is 9.73. The van der Waals surface area contributed by atoms with E-state index in [9.17, 15) is 19.8 Å². The molecule has 3 aliphatic heterocycles. The smallest absolute Gasteiger partial charge is 0.205 e. The number of hydrogen-bond acceptors (Lipinski definition) is 8. The van der Waals surface area contributed by atoms with E-state index in [0.29, 0.717) is 28.9 Å². The average Bonchev–Trinajstić information content (AvgIpc) is 3.08. The van der Waals surface area contributed by atoms with E-state index in [1.165, 1.54) is 7.11 Å². The molecule has 1 aromatic carbocycles. The number of Topliss-reactive ketones (excluding diaryl/α,β-unsaturated/α-hetero) is 2. The van der Waals surface area contributed by atoms with Crippen molar-refractivity contribution >= 4 is 17.6 Å². The topological polar surface area (TPSA) is 112 Å². The molecule has 1 aromatic rings. The van der Waals surface area contributed by atoms with E-state index >= 15 is 0 Å². The first-order valence-electron chi connectivity index (χ1n) is 14.6. The first kappa shape index (κ1) is 28.9. The van der Waals surface area contributed by atoms with Crippen molar-refractivity contribution in [2.24, 2.45) is 5.92 Å². The largest absolute Gasteiger partial charge is 0.506 e. The maximum atomic E-state index is 14.7. The van der Waals surface area contributed by atoms with Gasteiger partial charge in [0.05, 0.1) is 17.8 Å². The fourth-order valence-corrected chi connectivity index (χ4v) is 7.65. The molecule has 2 N–H and O–H groups in total. The Balaban J connectivity index is 1.70. The minimum absolute atomic E-state index is 0.0522. The number of hydrogen-bond donors (Lipinski definition) is 2. The Morgan fingerprint density at radius 3 is 2.45 bits per heavy atom. The van der Waals surface area contributed by atoms with Gasteiger partial charge in [0.25, 0.3) is 0 Å². The van der Waals surface area contributed by atoms with Crippen LogP contribution in [0.1, 0.15) is 82.8 Å². The van der Waals surface area contributed by atoms with E-state index in [0.717, 1.165) is 5.57 Å². The Morgan fingerprint density at radius 2 is 1.81 bits per heavy atom. The van der Waals surface area contributed by atoms with Crippen molar-refractivity contribution in [3.8, 4) is 17.2 Å². The molecule has 6 aliphatic rings.